The quantitative estimate of drug-likeness (QED) is 0.479. The van der Waals surface area contributed by atoms with Gasteiger partial charge in [0.25, 0.3) is 11.8 Å². The van der Waals surface area contributed by atoms with Crippen LogP contribution in [0, 0.1) is 3.57 Å². The van der Waals surface area contributed by atoms with Gasteiger partial charge in [-0.1, -0.05) is 35.9 Å². The van der Waals surface area contributed by atoms with Crippen molar-refractivity contribution in [3.05, 3.63) is 84.1 Å². The van der Waals surface area contributed by atoms with Gasteiger partial charge in [0.2, 0.25) is 0 Å². The number of hydrogen-bond acceptors (Lipinski definition) is 3. The highest BCUT2D eigenvalue weighted by Crippen LogP contribution is 2.31. The zero-order valence-electron chi connectivity index (χ0n) is 14.0. The minimum atomic E-state index is -0.260. The molecule has 1 aromatic heterocycles. The number of carbonyl (C=O) groups is 2. The molecule has 1 aliphatic heterocycles. The number of nitrogens with one attached hydrogen (secondary N) is 1. The Hall–Kier alpha value is -1.90. The molecule has 136 valence electrons. The molecule has 0 saturated carbocycles. The summed E-state index contributed by atoms with van der Waals surface area (Å²) in [5, 5.41) is 2.86. The monoisotopic (exact) mass is 508 g/mol. The SMILES string of the molecule is O=C(Nc1cccc2c1C(=O)N(Cc1ccc(I)cc1)C2)c1ccc(Cl)s1. The van der Waals surface area contributed by atoms with Crippen molar-refractivity contribution < 1.29 is 9.59 Å². The highest BCUT2D eigenvalue weighted by Gasteiger charge is 2.30. The number of halogens is 2. The lowest BCUT2D eigenvalue weighted by molar-refractivity contribution is 0.0767. The summed E-state index contributed by atoms with van der Waals surface area (Å²) in [7, 11) is 0. The average molecular weight is 509 g/mol. The molecule has 7 heteroatoms. The molecule has 3 aromatic rings. The highest BCUT2D eigenvalue weighted by molar-refractivity contribution is 14.1. The van der Waals surface area contributed by atoms with E-state index in [2.05, 4.69) is 27.9 Å². The van der Waals surface area contributed by atoms with Crippen molar-refractivity contribution in [2.45, 2.75) is 13.1 Å². The van der Waals surface area contributed by atoms with E-state index in [9.17, 15) is 9.59 Å². The third-order valence-electron chi connectivity index (χ3n) is 4.34. The van der Waals surface area contributed by atoms with Crippen LogP contribution in [0.1, 0.15) is 31.2 Å². The fraction of sp³-hybridized carbons (Fsp3) is 0.100. The van der Waals surface area contributed by atoms with Gasteiger partial charge in [-0.3, -0.25) is 9.59 Å². The van der Waals surface area contributed by atoms with Crippen LogP contribution < -0.4 is 5.32 Å². The normalized spacial score (nSPS) is 13.0. The van der Waals surface area contributed by atoms with Crippen molar-refractivity contribution in [1.82, 2.24) is 4.90 Å². The lowest BCUT2D eigenvalue weighted by Crippen LogP contribution is -2.24. The Morgan fingerprint density at radius 1 is 1.15 bits per heavy atom. The topological polar surface area (TPSA) is 49.4 Å². The van der Waals surface area contributed by atoms with Crippen molar-refractivity contribution in [3.63, 3.8) is 0 Å². The van der Waals surface area contributed by atoms with E-state index in [-0.39, 0.29) is 11.8 Å². The summed E-state index contributed by atoms with van der Waals surface area (Å²) in [6.45, 7) is 1.08. The van der Waals surface area contributed by atoms with Gasteiger partial charge in [-0.2, -0.15) is 0 Å². The summed E-state index contributed by atoms with van der Waals surface area (Å²) in [4.78, 5) is 27.7. The fourth-order valence-electron chi connectivity index (χ4n) is 3.08. The van der Waals surface area contributed by atoms with Gasteiger partial charge >= 0.3 is 0 Å². The van der Waals surface area contributed by atoms with E-state index in [0.717, 1.165) is 14.7 Å². The first-order valence-electron chi connectivity index (χ1n) is 8.23. The molecule has 0 bridgehead atoms. The fourth-order valence-corrected chi connectivity index (χ4v) is 4.38. The van der Waals surface area contributed by atoms with Crippen LogP contribution in [0.5, 0.6) is 0 Å². The number of benzene rings is 2. The van der Waals surface area contributed by atoms with Gasteiger partial charge in [0.15, 0.2) is 0 Å². The maximum absolute atomic E-state index is 13.0. The summed E-state index contributed by atoms with van der Waals surface area (Å²) in [6.07, 6.45) is 0. The molecule has 1 N–H and O–H groups in total. The molecule has 2 aromatic carbocycles. The predicted molar refractivity (Wildman–Crippen MR) is 116 cm³/mol. The van der Waals surface area contributed by atoms with E-state index in [1.165, 1.54) is 11.3 Å². The first kappa shape index (κ1) is 18.5. The van der Waals surface area contributed by atoms with Crippen LogP contribution in [0.3, 0.4) is 0 Å². The van der Waals surface area contributed by atoms with Crippen LogP contribution >= 0.6 is 45.5 Å². The zero-order chi connectivity index (χ0) is 19.0. The molecule has 4 nitrogen and oxygen atoms in total. The van der Waals surface area contributed by atoms with Gasteiger partial charge in [0, 0.05) is 16.7 Å². The number of carbonyl (C=O) groups excluding carboxylic acids is 2. The molecule has 2 amide bonds. The minimum absolute atomic E-state index is 0.0661. The molecule has 2 heterocycles. The molecular formula is C20H14ClIN2O2S. The second-order valence-electron chi connectivity index (χ2n) is 6.19. The van der Waals surface area contributed by atoms with Crippen molar-refractivity contribution in [2.75, 3.05) is 5.32 Å². The highest BCUT2D eigenvalue weighted by atomic mass is 127. The Bertz CT molecular complexity index is 1030. The molecule has 0 unspecified atom stereocenters. The second-order valence-corrected chi connectivity index (χ2v) is 9.15. The van der Waals surface area contributed by atoms with E-state index in [4.69, 9.17) is 11.6 Å². The molecule has 0 radical (unpaired) electrons. The van der Waals surface area contributed by atoms with E-state index >= 15 is 0 Å². The first-order valence-corrected chi connectivity index (χ1v) is 10.5. The molecular weight excluding hydrogens is 495 g/mol. The predicted octanol–water partition coefficient (Wildman–Crippen LogP) is 5.41. The molecule has 0 fully saturated rings. The number of anilines is 1. The lowest BCUT2D eigenvalue weighted by atomic mass is 10.1. The zero-order valence-corrected chi connectivity index (χ0v) is 17.8. The molecule has 4 rings (SSSR count). The minimum Gasteiger partial charge on any atom is -0.330 e. The number of hydrogen-bond donors (Lipinski definition) is 1. The van der Waals surface area contributed by atoms with Crippen molar-refractivity contribution >= 4 is 63.0 Å². The van der Waals surface area contributed by atoms with Crippen LogP contribution in [0.15, 0.2) is 54.6 Å². The number of nitrogens with zero attached hydrogens (tertiary/aromatic N) is 1. The molecule has 0 saturated heterocycles. The van der Waals surface area contributed by atoms with Gasteiger partial charge < -0.3 is 10.2 Å². The Kier molecular flexibility index (Phi) is 5.21. The van der Waals surface area contributed by atoms with E-state index < -0.39 is 0 Å². The molecule has 0 aliphatic carbocycles. The number of thiophene rings is 1. The lowest BCUT2D eigenvalue weighted by Gasteiger charge is -2.16. The van der Waals surface area contributed by atoms with Crippen molar-refractivity contribution in [3.8, 4) is 0 Å². The van der Waals surface area contributed by atoms with Gasteiger partial charge in [-0.25, -0.2) is 0 Å². The first-order chi connectivity index (χ1) is 13.0. The molecule has 0 atom stereocenters. The van der Waals surface area contributed by atoms with E-state index in [1.54, 1.807) is 23.1 Å². The Morgan fingerprint density at radius 3 is 2.63 bits per heavy atom. The summed E-state index contributed by atoms with van der Waals surface area (Å²) >= 11 is 9.38. The number of fused-ring (bicyclic) bond motifs is 1. The summed E-state index contributed by atoms with van der Waals surface area (Å²) in [5.41, 5.74) is 3.11. The maximum atomic E-state index is 13.0. The standard InChI is InChI=1S/C20H14ClIN2O2S/c21-17-9-8-16(27-17)19(25)23-15-3-1-2-13-11-24(20(26)18(13)15)10-12-4-6-14(22)7-5-12/h1-9H,10-11H2,(H,23,25). The Morgan fingerprint density at radius 2 is 1.93 bits per heavy atom. The van der Waals surface area contributed by atoms with Crippen LogP contribution in [0.4, 0.5) is 5.69 Å². The van der Waals surface area contributed by atoms with E-state index in [1.807, 2.05) is 36.4 Å². The molecule has 0 spiro atoms. The molecule has 1 aliphatic rings. The van der Waals surface area contributed by atoms with Crippen molar-refractivity contribution in [1.29, 1.82) is 0 Å². The Balaban J connectivity index is 1.56. The van der Waals surface area contributed by atoms with Gasteiger partial charge in [-0.05, 0) is 64.0 Å². The smallest absolute Gasteiger partial charge is 0.265 e. The molecule has 27 heavy (non-hydrogen) atoms. The van der Waals surface area contributed by atoms with Crippen LogP contribution in [-0.4, -0.2) is 16.7 Å². The van der Waals surface area contributed by atoms with Crippen LogP contribution in [0.2, 0.25) is 4.34 Å². The second kappa shape index (κ2) is 7.61. The van der Waals surface area contributed by atoms with Crippen LogP contribution in [-0.2, 0) is 13.1 Å². The van der Waals surface area contributed by atoms with E-state index in [0.29, 0.717) is 33.6 Å². The maximum Gasteiger partial charge on any atom is 0.265 e. The van der Waals surface area contributed by atoms with Gasteiger partial charge in [-0.15, -0.1) is 11.3 Å². The average Bonchev–Trinajstić information content (AvgIpc) is 3.22. The van der Waals surface area contributed by atoms with Crippen molar-refractivity contribution in [2.24, 2.45) is 0 Å². The van der Waals surface area contributed by atoms with Gasteiger partial charge in [0.05, 0.1) is 20.5 Å². The third-order valence-corrected chi connectivity index (χ3v) is 6.29. The Labute approximate surface area is 179 Å². The number of rotatable bonds is 4. The number of amides is 2. The summed E-state index contributed by atoms with van der Waals surface area (Å²) in [5.74, 6) is -0.326. The van der Waals surface area contributed by atoms with Crippen LogP contribution in [0.25, 0.3) is 0 Å². The third kappa shape index (κ3) is 3.88. The van der Waals surface area contributed by atoms with Gasteiger partial charge in [0.1, 0.15) is 0 Å². The summed E-state index contributed by atoms with van der Waals surface area (Å²) < 4.78 is 1.71. The summed E-state index contributed by atoms with van der Waals surface area (Å²) in [6, 6.07) is 17.0. The largest absolute Gasteiger partial charge is 0.330 e.